The van der Waals surface area contributed by atoms with Gasteiger partial charge in [-0.1, -0.05) is 19.1 Å². The van der Waals surface area contributed by atoms with Crippen LogP contribution in [0.1, 0.15) is 33.1 Å². The summed E-state index contributed by atoms with van der Waals surface area (Å²) < 4.78 is 13.6. The van der Waals surface area contributed by atoms with E-state index in [1.54, 1.807) is 6.07 Å². The normalized spacial score (nSPS) is 22.2. The Bertz CT molecular complexity index is 392. The van der Waals surface area contributed by atoms with Crippen LogP contribution in [0.25, 0.3) is 0 Å². The minimum absolute atomic E-state index is 0.157. The van der Waals surface area contributed by atoms with Crippen molar-refractivity contribution in [2.75, 3.05) is 25.0 Å². The molecule has 1 aliphatic heterocycles. The first-order valence-electron chi connectivity index (χ1n) is 7.44. The van der Waals surface area contributed by atoms with Crippen LogP contribution < -0.4 is 5.32 Å². The van der Waals surface area contributed by atoms with Crippen molar-refractivity contribution in [2.45, 2.75) is 39.2 Å². The van der Waals surface area contributed by atoms with Gasteiger partial charge in [0.05, 0.1) is 5.69 Å². The van der Waals surface area contributed by atoms with Gasteiger partial charge in [-0.15, -0.1) is 0 Å². The number of benzene rings is 1. The summed E-state index contributed by atoms with van der Waals surface area (Å²) in [6, 6.07) is 7.26. The summed E-state index contributed by atoms with van der Waals surface area (Å²) >= 11 is 0. The highest BCUT2D eigenvalue weighted by Crippen LogP contribution is 2.23. The maximum Gasteiger partial charge on any atom is 0.146 e. The Kier molecular flexibility index (Phi) is 5.20. The monoisotopic (exact) mass is 264 g/mol. The molecular weight excluding hydrogens is 239 g/mol. The molecule has 19 heavy (non-hydrogen) atoms. The number of nitrogens with zero attached hydrogens (tertiary/aromatic N) is 1. The highest BCUT2D eigenvalue weighted by atomic mass is 19.1. The zero-order valence-corrected chi connectivity index (χ0v) is 12.0. The average Bonchev–Trinajstić information content (AvgIpc) is 2.42. The molecule has 1 heterocycles. The van der Waals surface area contributed by atoms with Crippen LogP contribution in [0.5, 0.6) is 0 Å². The molecule has 1 aliphatic rings. The first-order valence-corrected chi connectivity index (χ1v) is 7.44. The van der Waals surface area contributed by atoms with Gasteiger partial charge in [-0.05, 0) is 57.3 Å². The Hall–Kier alpha value is -1.09. The summed E-state index contributed by atoms with van der Waals surface area (Å²) in [7, 11) is 0. The quantitative estimate of drug-likeness (QED) is 0.871. The van der Waals surface area contributed by atoms with Gasteiger partial charge in [0.1, 0.15) is 5.82 Å². The number of hydrogen-bond donors (Lipinski definition) is 1. The van der Waals surface area contributed by atoms with Crippen LogP contribution in [0.4, 0.5) is 10.1 Å². The largest absolute Gasteiger partial charge is 0.380 e. The van der Waals surface area contributed by atoms with Gasteiger partial charge in [0.15, 0.2) is 0 Å². The number of halogens is 1. The van der Waals surface area contributed by atoms with Gasteiger partial charge in [-0.25, -0.2) is 4.39 Å². The van der Waals surface area contributed by atoms with Gasteiger partial charge >= 0.3 is 0 Å². The van der Waals surface area contributed by atoms with E-state index >= 15 is 0 Å². The van der Waals surface area contributed by atoms with E-state index in [1.165, 1.54) is 38.4 Å². The fourth-order valence-corrected chi connectivity index (χ4v) is 2.96. The maximum absolute atomic E-state index is 13.6. The molecule has 2 unspecified atom stereocenters. The van der Waals surface area contributed by atoms with Gasteiger partial charge in [0.2, 0.25) is 0 Å². The lowest BCUT2D eigenvalue weighted by molar-refractivity contribution is 0.165. The van der Waals surface area contributed by atoms with Crippen LogP contribution in [-0.4, -0.2) is 30.6 Å². The van der Waals surface area contributed by atoms with Gasteiger partial charge in [-0.3, -0.25) is 0 Å². The van der Waals surface area contributed by atoms with Gasteiger partial charge in [0.25, 0.3) is 0 Å². The van der Waals surface area contributed by atoms with Crippen molar-refractivity contribution in [3.63, 3.8) is 0 Å². The van der Waals surface area contributed by atoms with E-state index in [0.29, 0.717) is 17.6 Å². The number of para-hydroxylation sites is 1. The lowest BCUT2D eigenvalue weighted by atomic mass is 9.91. The molecule has 0 aromatic heterocycles. The molecule has 1 saturated heterocycles. The molecule has 0 bridgehead atoms. The van der Waals surface area contributed by atoms with Crippen LogP contribution in [0.3, 0.4) is 0 Å². The fraction of sp³-hybridized carbons (Fsp3) is 0.625. The Morgan fingerprint density at radius 2 is 2.21 bits per heavy atom. The first kappa shape index (κ1) is 14.3. The highest BCUT2D eigenvalue weighted by Gasteiger charge is 2.24. The highest BCUT2D eigenvalue weighted by molar-refractivity contribution is 5.45. The third-order valence-corrected chi connectivity index (χ3v) is 4.05. The number of likely N-dealkylation sites (tertiary alicyclic amines) is 1. The van der Waals surface area contributed by atoms with E-state index in [-0.39, 0.29) is 5.82 Å². The minimum atomic E-state index is -0.157. The van der Waals surface area contributed by atoms with Crippen LogP contribution in [0, 0.1) is 11.7 Å². The van der Waals surface area contributed by atoms with Gasteiger partial charge < -0.3 is 10.2 Å². The van der Waals surface area contributed by atoms with Crippen LogP contribution in [-0.2, 0) is 0 Å². The zero-order valence-electron chi connectivity index (χ0n) is 12.0. The Morgan fingerprint density at radius 1 is 1.42 bits per heavy atom. The van der Waals surface area contributed by atoms with Crippen LogP contribution >= 0.6 is 0 Å². The lowest BCUT2D eigenvalue weighted by Gasteiger charge is -2.36. The van der Waals surface area contributed by atoms with Crippen molar-refractivity contribution in [1.82, 2.24) is 4.90 Å². The lowest BCUT2D eigenvalue weighted by Crippen LogP contribution is -2.42. The molecule has 2 rings (SSSR count). The average molecular weight is 264 g/mol. The number of nitrogens with one attached hydrogen (secondary N) is 1. The first-order chi connectivity index (χ1) is 9.20. The molecule has 0 aliphatic carbocycles. The van der Waals surface area contributed by atoms with Crippen molar-refractivity contribution in [3.8, 4) is 0 Å². The Labute approximate surface area is 116 Å². The number of piperidine rings is 1. The van der Waals surface area contributed by atoms with Crippen molar-refractivity contribution >= 4 is 5.69 Å². The molecule has 2 nitrogen and oxygen atoms in total. The summed E-state index contributed by atoms with van der Waals surface area (Å²) in [5.41, 5.74) is 0.627. The predicted octanol–water partition coefficient (Wildman–Crippen LogP) is 3.75. The van der Waals surface area contributed by atoms with E-state index in [4.69, 9.17) is 0 Å². The Balaban J connectivity index is 1.92. The summed E-state index contributed by atoms with van der Waals surface area (Å²) in [4.78, 5) is 2.54. The second-order valence-corrected chi connectivity index (χ2v) is 5.62. The van der Waals surface area contributed by atoms with Crippen LogP contribution in [0.2, 0.25) is 0 Å². The molecule has 1 fully saturated rings. The second kappa shape index (κ2) is 6.90. The van der Waals surface area contributed by atoms with Gasteiger partial charge in [0, 0.05) is 12.6 Å². The Morgan fingerprint density at radius 3 is 2.95 bits per heavy atom. The molecule has 2 atom stereocenters. The van der Waals surface area contributed by atoms with Crippen LogP contribution in [0.15, 0.2) is 24.3 Å². The van der Waals surface area contributed by atoms with Crippen molar-refractivity contribution < 1.29 is 4.39 Å². The third kappa shape index (κ3) is 3.93. The predicted molar refractivity (Wildman–Crippen MR) is 78.9 cm³/mol. The summed E-state index contributed by atoms with van der Waals surface area (Å²) in [6.45, 7) is 7.94. The minimum Gasteiger partial charge on any atom is -0.380 e. The maximum atomic E-state index is 13.6. The topological polar surface area (TPSA) is 15.3 Å². The molecule has 1 aromatic rings. The third-order valence-electron chi connectivity index (χ3n) is 4.05. The standard InChI is InChI=1S/C16H25FN2/c1-3-10-19-11-6-7-14(12-19)13(2)18-16-9-5-4-8-15(16)17/h4-5,8-9,13-14,18H,3,6-7,10-12H2,1-2H3. The van der Waals surface area contributed by atoms with Gasteiger partial charge in [-0.2, -0.15) is 0 Å². The number of anilines is 1. The van der Waals surface area contributed by atoms with E-state index in [2.05, 4.69) is 24.1 Å². The van der Waals surface area contributed by atoms with E-state index in [1.807, 2.05) is 12.1 Å². The second-order valence-electron chi connectivity index (χ2n) is 5.62. The van der Waals surface area contributed by atoms with E-state index < -0.39 is 0 Å². The summed E-state index contributed by atoms with van der Waals surface area (Å²) in [5, 5.41) is 3.34. The van der Waals surface area contributed by atoms with Crippen molar-refractivity contribution in [2.24, 2.45) is 5.92 Å². The zero-order chi connectivity index (χ0) is 13.7. The molecule has 1 N–H and O–H groups in total. The molecule has 3 heteroatoms. The molecular formula is C16H25FN2. The molecule has 106 valence electrons. The fourth-order valence-electron chi connectivity index (χ4n) is 2.96. The van der Waals surface area contributed by atoms with Crippen molar-refractivity contribution in [3.05, 3.63) is 30.1 Å². The summed E-state index contributed by atoms with van der Waals surface area (Å²) in [5.74, 6) is 0.454. The van der Waals surface area contributed by atoms with E-state index in [9.17, 15) is 4.39 Å². The molecule has 0 saturated carbocycles. The molecule has 1 aromatic carbocycles. The number of rotatable bonds is 5. The van der Waals surface area contributed by atoms with Crippen molar-refractivity contribution in [1.29, 1.82) is 0 Å². The SMILES string of the molecule is CCCN1CCCC(C(C)Nc2ccccc2F)C1. The number of hydrogen-bond acceptors (Lipinski definition) is 2. The molecule has 0 amide bonds. The smallest absolute Gasteiger partial charge is 0.146 e. The molecule has 0 radical (unpaired) electrons. The van der Waals surface area contributed by atoms with E-state index in [0.717, 1.165) is 6.54 Å². The summed E-state index contributed by atoms with van der Waals surface area (Å²) in [6.07, 6.45) is 3.71. The molecule has 0 spiro atoms.